The Hall–Kier alpha value is -1.10. The lowest BCUT2D eigenvalue weighted by Gasteiger charge is -2.18. The van der Waals surface area contributed by atoms with Gasteiger partial charge in [-0.05, 0) is 25.7 Å². The highest BCUT2D eigenvalue weighted by molar-refractivity contribution is 5.87. The molecule has 17 heavy (non-hydrogen) atoms. The molecule has 0 aromatic rings. The van der Waals surface area contributed by atoms with Gasteiger partial charge >= 0.3 is 0 Å². The van der Waals surface area contributed by atoms with Crippen LogP contribution in [0, 0.1) is 5.92 Å². The molecule has 0 aliphatic heterocycles. The molecule has 0 heterocycles. The van der Waals surface area contributed by atoms with E-state index in [1.165, 1.54) is 0 Å². The van der Waals surface area contributed by atoms with Gasteiger partial charge in [-0.2, -0.15) is 0 Å². The molecule has 1 rings (SSSR count). The van der Waals surface area contributed by atoms with Gasteiger partial charge in [0.05, 0.1) is 0 Å². The van der Waals surface area contributed by atoms with E-state index in [1.54, 1.807) is 6.92 Å². The minimum atomic E-state index is -0.484. The van der Waals surface area contributed by atoms with E-state index in [0.717, 1.165) is 12.8 Å². The summed E-state index contributed by atoms with van der Waals surface area (Å²) in [5.41, 5.74) is 5.80. The number of amides is 2. The highest BCUT2D eigenvalue weighted by Gasteiger charge is 2.26. The molecule has 0 radical (unpaired) electrons. The lowest BCUT2D eigenvalue weighted by atomic mass is 10.0. The van der Waals surface area contributed by atoms with Crippen LogP contribution in [0.25, 0.3) is 0 Å². The van der Waals surface area contributed by atoms with E-state index in [0.29, 0.717) is 6.04 Å². The fourth-order valence-electron chi connectivity index (χ4n) is 1.37. The van der Waals surface area contributed by atoms with Crippen LogP contribution in [-0.4, -0.2) is 29.9 Å². The molecule has 0 saturated heterocycles. The maximum absolute atomic E-state index is 11.6. The van der Waals surface area contributed by atoms with Gasteiger partial charge in [0.15, 0.2) is 0 Å². The van der Waals surface area contributed by atoms with Crippen LogP contribution in [0.1, 0.15) is 40.0 Å². The fourth-order valence-corrected chi connectivity index (χ4v) is 1.37. The van der Waals surface area contributed by atoms with Gasteiger partial charge in [0.2, 0.25) is 11.8 Å². The Morgan fingerprint density at radius 1 is 1.29 bits per heavy atom. The quantitative estimate of drug-likeness (QED) is 0.618. The molecule has 0 aromatic heterocycles. The molecule has 1 aliphatic rings. The minimum Gasteiger partial charge on any atom is -0.352 e. The van der Waals surface area contributed by atoms with E-state index < -0.39 is 6.04 Å². The van der Waals surface area contributed by atoms with E-state index in [4.69, 9.17) is 5.73 Å². The van der Waals surface area contributed by atoms with Crippen LogP contribution in [0.2, 0.25) is 0 Å². The zero-order valence-electron chi connectivity index (χ0n) is 10.8. The van der Waals surface area contributed by atoms with Crippen LogP contribution in [0.3, 0.4) is 0 Å². The second kappa shape index (κ2) is 6.00. The number of rotatable bonds is 6. The molecule has 2 atom stereocenters. The van der Waals surface area contributed by atoms with Gasteiger partial charge < -0.3 is 16.4 Å². The molecule has 1 saturated carbocycles. The number of carbonyl (C=O) groups is 2. The van der Waals surface area contributed by atoms with Crippen molar-refractivity contribution in [2.24, 2.45) is 11.7 Å². The average molecular weight is 241 g/mol. The zero-order chi connectivity index (χ0) is 13.0. The summed E-state index contributed by atoms with van der Waals surface area (Å²) >= 11 is 0. The Bertz CT molecular complexity index is 287. The third-order valence-corrected chi connectivity index (χ3v) is 2.97. The Kier molecular flexibility index (Phi) is 4.93. The summed E-state index contributed by atoms with van der Waals surface area (Å²) in [4.78, 5) is 23.2. The van der Waals surface area contributed by atoms with Crippen LogP contribution in [0.5, 0.6) is 0 Å². The third-order valence-electron chi connectivity index (χ3n) is 2.97. The first-order valence-corrected chi connectivity index (χ1v) is 6.25. The number of hydrogen-bond donors (Lipinski definition) is 3. The second-order valence-electron chi connectivity index (χ2n) is 5.18. The van der Waals surface area contributed by atoms with E-state index in [-0.39, 0.29) is 30.2 Å². The maximum atomic E-state index is 11.6. The van der Waals surface area contributed by atoms with Crippen molar-refractivity contribution < 1.29 is 9.59 Å². The number of nitrogens with one attached hydrogen (secondary N) is 2. The van der Waals surface area contributed by atoms with E-state index in [9.17, 15) is 9.59 Å². The Balaban J connectivity index is 2.26. The van der Waals surface area contributed by atoms with E-state index >= 15 is 0 Å². The summed E-state index contributed by atoms with van der Waals surface area (Å²) in [5, 5.41) is 5.52. The predicted molar refractivity (Wildman–Crippen MR) is 66.2 cm³/mol. The van der Waals surface area contributed by atoms with Crippen molar-refractivity contribution >= 4 is 11.8 Å². The van der Waals surface area contributed by atoms with Gasteiger partial charge in [0.1, 0.15) is 6.04 Å². The number of nitrogens with two attached hydrogens (primary N) is 1. The summed E-state index contributed by atoms with van der Waals surface area (Å²) < 4.78 is 0. The molecule has 0 bridgehead atoms. The summed E-state index contributed by atoms with van der Waals surface area (Å²) in [6, 6.07) is -0.323. The smallest absolute Gasteiger partial charge is 0.242 e. The van der Waals surface area contributed by atoms with Crippen molar-refractivity contribution in [2.75, 3.05) is 0 Å². The maximum Gasteiger partial charge on any atom is 0.242 e. The highest BCUT2D eigenvalue weighted by atomic mass is 16.2. The third kappa shape index (κ3) is 5.17. The summed E-state index contributed by atoms with van der Waals surface area (Å²) in [6.45, 7) is 5.64. The first-order chi connectivity index (χ1) is 7.90. The van der Waals surface area contributed by atoms with Crippen LogP contribution >= 0.6 is 0 Å². The average Bonchev–Trinajstić information content (AvgIpc) is 3.00. The van der Waals surface area contributed by atoms with Gasteiger partial charge in [0.25, 0.3) is 0 Å². The van der Waals surface area contributed by atoms with Crippen molar-refractivity contribution in [1.29, 1.82) is 0 Å². The SMILES string of the molecule is CC(NC(=O)CC(N)C(C)C)C(=O)NC1CC1. The molecule has 2 amide bonds. The first-order valence-electron chi connectivity index (χ1n) is 6.25. The Morgan fingerprint density at radius 3 is 2.35 bits per heavy atom. The summed E-state index contributed by atoms with van der Waals surface area (Å²) in [5.74, 6) is -0.0139. The van der Waals surface area contributed by atoms with E-state index in [2.05, 4.69) is 10.6 Å². The molecule has 1 aliphatic carbocycles. The van der Waals surface area contributed by atoms with Crippen molar-refractivity contribution in [3.05, 3.63) is 0 Å². The summed E-state index contributed by atoms with van der Waals surface area (Å²) in [7, 11) is 0. The predicted octanol–water partition coefficient (Wildman–Crippen LogP) is 0.143. The normalized spacial score (nSPS) is 18.6. The summed E-state index contributed by atoms with van der Waals surface area (Å²) in [6.07, 6.45) is 2.36. The number of hydrogen-bond acceptors (Lipinski definition) is 3. The van der Waals surface area contributed by atoms with Gasteiger partial charge in [-0.1, -0.05) is 13.8 Å². The van der Waals surface area contributed by atoms with Crippen LogP contribution in [-0.2, 0) is 9.59 Å². The van der Waals surface area contributed by atoms with Gasteiger partial charge in [0, 0.05) is 18.5 Å². The van der Waals surface area contributed by atoms with Crippen molar-refractivity contribution in [3.8, 4) is 0 Å². The first kappa shape index (κ1) is 14.0. The molecule has 98 valence electrons. The fraction of sp³-hybridized carbons (Fsp3) is 0.833. The zero-order valence-corrected chi connectivity index (χ0v) is 10.8. The van der Waals surface area contributed by atoms with Crippen molar-refractivity contribution in [3.63, 3.8) is 0 Å². The molecule has 1 fully saturated rings. The topological polar surface area (TPSA) is 84.2 Å². The molecule has 5 nitrogen and oxygen atoms in total. The van der Waals surface area contributed by atoms with Crippen LogP contribution in [0.4, 0.5) is 0 Å². The second-order valence-corrected chi connectivity index (χ2v) is 5.18. The van der Waals surface area contributed by atoms with Crippen molar-refractivity contribution in [2.45, 2.75) is 58.2 Å². The molecule has 0 aromatic carbocycles. The Morgan fingerprint density at radius 2 is 1.88 bits per heavy atom. The standard InChI is InChI=1S/C12H23N3O2/c1-7(2)10(13)6-11(16)14-8(3)12(17)15-9-4-5-9/h7-10H,4-6,13H2,1-3H3,(H,14,16)(H,15,17). The lowest BCUT2D eigenvalue weighted by Crippen LogP contribution is -2.47. The molecular formula is C12H23N3O2. The molecular weight excluding hydrogens is 218 g/mol. The Labute approximate surface area is 103 Å². The van der Waals surface area contributed by atoms with Crippen LogP contribution < -0.4 is 16.4 Å². The molecule has 2 unspecified atom stereocenters. The molecule has 0 spiro atoms. The van der Waals surface area contributed by atoms with Crippen molar-refractivity contribution in [1.82, 2.24) is 10.6 Å². The number of carbonyl (C=O) groups excluding carboxylic acids is 2. The van der Waals surface area contributed by atoms with E-state index in [1.807, 2.05) is 13.8 Å². The molecule has 4 N–H and O–H groups in total. The largest absolute Gasteiger partial charge is 0.352 e. The minimum absolute atomic E-state index is 0.112. The lowest BCUT2D eigenvalue weighted by molar-refractivity contribution is -0.128. The monoisotopic (exact) mass is 241 g/mol. The van der Waals surface area contributed by atoms with Gasteiger partial charge in [-0.25, -0.2) is 0 Å². The van der Waals surface area contributed by atoms with Gasteiger partial charge in [-0.3, -0.25) is 9.59 Å². The molecule has 5 heteroatoms. The van der Waals surface area contributed by atoms with Crippen LogP contribution in [0.15, 0.2) is 0 Å². The highest BCUT2D eigenvalue weighted by Crippen LogP contribution is 2.18. The van der Waals surface area contributed by atoms with Gasteiger partial charge in [-0.15, -0.1) is 0 Å².